The largest absolute Gasteiger partial charge is 0.456 e. The quantitative estimate of drug-likeness (QED) is 0.169. The van der Waals surface area contributed by atoms with Gasteiger partial charge in [-0.2, -0.15) is 0 Å². The average Bonchev–Trinajstić information content (AvgIpc) is 3.98. The van der Waals surface area contributed by atoms with Crippen LogP contribution in [0.4, 0.5) is 17.1 Å². The van der Waals surface area contributed by atoms with Crippen LogP contribution in [0.1, 0.15) is 0 Å². The van der Waals surface area contributed by atoms with Gasteiger partial charge in [-0.05, 0) is 89.0 Å². The van der Waals surface area contributed by atoms with Crippen molar-refractivity contribution in [3.63, 3.8) is 0 Å². The fraction of sp³-hybridized carbons (Fsp3) is 0. The van der Waals surface area contributed by atoms with Crippen molar-refractivity contribution in [1.82, 2.24) is 0 Å². The van der Waals surface area contributed by atoms with Gasteiger partial charge in [0.15, 0.2) is 0 Å². The van der Waals surface area contributed by atoms with E-state index in [0.29, 0.717) is 0 Å². The number of fused-ring (bicyclic) bond motifs is 9. The number of thiophene rings is 1. The monoisotopic (exact) mass is 759 g/mol. The molecule has 0 aliphatic rings. The van der Waals surface area contributed by atoms with Crippen LogP contribution >= 0.6 is 11.3 Å². The Labute approximate surface area is 338 Å². The maximum atomic E-state index is 6.63. The molecule has 0 aliphatic heterocycles. The summed E-state index contributed by atoms with van der Waals surface area (Å²) in [7, 11) is 0. The summed E-state index contributed by atoms with van der Waals surface area (Å²) >= 11 is 1.86. The van der Waals surface area contributed by atoms with Crippen LogP contribution in [0.25, 0.3) is 97.4 Å². The highest BCUT2D eigenvalue weighted by Gasteiger charge is 2.22. The van der Waals surface area contributed by atoms with Crippen molar-refractivity contribution in [2.45, 2.75) is 0 Å². The van der Waals surface area contributed by atoms with E-state index in [2.05, 4.69) is 193 Å². The molecule has 0 saturated carbocycles. The Morgan fingerprint density at radius 1 is 0.345 bits per heavy atom. The predicted octanol–water partition coefficient (Wildman–Crippen LogP) is 16.3. The molecule has 0 bridgehead atoms. The summed E-state index contributed by atoms with van der Waals surface area (Å²) in [5.74, 6) is 0. The molecular weight excluding hydrogens is 727 g/mol. The number of rotatable bonds is 6. The van der Waals surface area contributed by atoms with Gasteiger partial charge >= 0.3 is 0 Å². The summed E-state index contributed by atoms with van der Waals surface area (Å²) in [5.41, 5.74) is 13.9. The molecule has 4 heteroatoms. The number of anilines is 3. The van der Waals surface area contributed by atoms with Crippen molar-refractivity contribution in [3.05, 3.63) is 200 Å². The van der Waals surface area contributed by atoms with E-state index >= 15 is 0 Å². The summed E-state index contributed by atoms with van der Waals surface area (Å²) < 4.78 is 15.5. The van der Waals surface area contributed by atoms with Gasteiger partial charge in [-0.25, -0.2) is 0 Å². The first kappa shape index (κ1) is 32.8. The zero-order valence-electron chi connectivity index (χ0n) is 31.2. The molecule has 58 heavy (non-hydrogen) atoms. The second-order valence-corrected chi connectivity index (χ2v) is 15.8. The molecule has 0 unspecified atom stereocenters. The van der Waals surface area contributed by atoms with Crippen LogP contribution < -0.4 is 4.90 Å². The van der Waals surface area contributed by atoms with Crippen molar-refractivity contribution >= 4 is 92.4 Å². The van der Waals surface area contributed by atoms with Crippen LogP contribution in [0.15, 0.2) is 209 Å². The highest BCUT2D eigenvalue weighted by atomic mass is 32.1. The molecule has 0 radical (unpaired) electrons. The van der Waals surface area contributed by atoms with Gasteiger partial charge in [-0.3, -0.25) is 0 Å². The molecular formula is C54H33NO2S. The molecule has 3 nitrogen and oxygen atoms in total. The third-order valence-corrected chi connectivity index (χ3v) is 12.7. The lowest BCUT2D eigenvalue weighted by Gasteiger charge is -2.28. The molecule has 9 aromatic carbocycles. The number of hydrogen-bond acceptors (Lipinski definition) is 4. The lowest BCUT2D eigenvalue weighted by atomic mass is 9.95. The first-order valence-corrected chi connectivity index (χ1v) is 20.4. The van der Waals surface area contributed by atoms with Gasteiger partial charge in [-0.1, -0.05) is 133 Å². The van der Waals surface area contributed by atoms with Crippen LogP contribution in [0, 0.1) is 0 Å². The van der Waals surface area contributed by atoms with E-state index in [0.717, 1.165) is 77.6 Å². The van der Waals surface area contributed by atoms with Crippen molar-refractivity contribution in [2.24, 2.45) is 0 Å². The lowest BCUT2D eigenvalue weighted by molar-refractivity contribution is 0.668. The van der Waals surface area contributed by atoms with Gasteiger partial charge in [-0.15, -0.1) is 11.3 Å². The number of hydrogen-bond donors (Lipinski definition) is 0. The highest BCUT2D eigenvalue weighted by Crippen LogP contribution is 2.48. The second-order valence-electron chi connectivity index (χ2n) is 14.8. The Kier molecular flexibility index (Phi) is 7.40. The van der Waals surface area contributed by atoms with E-state index in [9.17, 15) is 0 Å². The summed E-state index contributed by atoms with van der Waals surface area (Å²) in [5, 5.41) is 6.99. The molecule has 272 valence electrons. The number of benzene rings is 9. The van der Waals surface area contributed by atoms with Gasteiger partial charge in [0, 0.05) is 64.2 Å². The first-order chi connectivity index (χ1) is 28.8. The fourth-order valence-corrected chi connectivity index (χ4v) is 10.2. The molecule has 12 rings (SSSR count). The SMILES string of the molecule is c1ccc(-c2ccccc2N(c2ccccc2)c2ccc3oc4cccc(-c5cccc6c5sc5cccc(-c7ccc8c(c7)oc7ccccc78)c56)c4c3c2)cc1. The highest BCUT2D eigenvalue weighted by molar-refractivity contribution is 7.26. The maximum absolute atomic E-state index is 6.63. The van der Waals surface area contributed by atoms with Gasteiger partial charge < -0.3 is 13.7 Å². The van der Waals surface area contributed by atoms with E-state index in [1.165, 1.54) is 36.9 Å². The smallest absolute Gasteiger partial charge is 0.136 e. The van der Waals surface area contributed by atoms with Gasteiger partial charge in [0.2, 0.25) is 0 Å². The molecule has 0 fully saturated rings. The van der Waals surface area contributed by atoms with Crippen molar-refractivity contribution < 1.29 is 8.83 Å². The van der Waals surface area contributed by atoms with Gasteiger partial charge in [0.05, 0.1) is 5.69 Å². The van der Waals surface area contributed by atoms with E-state index in [1.807, 2.05) is 23.5 Å². The van der Waals surface area contributed by atoms with Crippen LogP contribution in [0.5, 0.6) is 0 Å². The Hall–Kier alpha value is -7.40. The Morgan fingerprint density at radius 2 is 1.00 bits per heavy atom. The molecule has 12 aromatic rings. The van der Waals surface area contributed by atoms with E-state index < -0.39 is 0 Å². The number of furan rings is 2. The summed E-state index contributed by atoms with van der Waals surface area (Å²) in [6.07, 6.45) is 0. The third kappa shape index (κ3) is 5.12. The maximum Gasteiger partial charge on any atom is 0.136 e. The van der Waals surface area contributed by atoms with Crippen molar-refractivity contribution in [3.8, 4) is 33.4 Å². The van der Waals surface area contributed by atoms with Crippen molar-refractivity contribution in [1.29, 1.82) is 0 Å². The second kappa shape index (κ2) is 13.1. The lowest BCUT2D eigenvalue weighted by Crippen LogP contribution is -2.11. The Morgan fingerprint density at radius 3 is 1.91 bits per heavy atom. The minimum Gasteiger partial charge on any atom is -0.456 e. The van der Waals surface area contributed by atoms with E-state index in [-0.39, 0.29) is 0 Å². The van der Waals surface area contributed by atoms with E-state index in [1.54, 1.807) is 0 Å². The normalized spacial score (nSPS) is 11.8. The molecule has 0 atom stereocenters. The summed E-state index contributed by atoms with van der Waals surface area (Å²) in [4.78, 5) is 2.36. The predicted molar refractivity (Wildman–Crippen MR) is 245 cm³/mol. The molecule has 3 heterocycles. The molecule has 3 aromatic heterocycles. The zero-order chi connectivity index (χ0) is 38.2. The molecule has 0 N–H and O–H groups in total. The standard InChI is InChI=1S/C54H33NO2S/c1-3-14-34(15-4-1)38-18-7-9-24-46(38)55(36-16-5-2-6-17-36)37-29-31-48-45(33-37)52-42(21-12-26-49(52)56-48)43-22-11-23-44-53-39(20-13-27-51(53)58-54(43)44)35-28-30-41-40-19-8-10-25-47(40)57-50(41)32-35/h1-33H. The summed E-state index contributed by atoms with van der Waals surface area (Å²) in [6.45, 7) is 0. The Balaban J connectivity index is 1.05. The number of nitrogens with zero attached hydrogens (tertiary/aromatic N) is 1. The third-order valence-electron chi connectivity index (χ3n) is 11.5. The molecule has 0 spiro atoms. The number of para-hydroxylation sites is 3. The van der Waals surface area contributed by atoms with E-state index in [4.69, 9.17) is 8.83 Å². The topological polar surface area (TPSA) is 29.5 Å². The average molecular weight is 760 g/mol. The van der Waals surface area contributed by atoms with Crippen LogP contribution in [-0.4, -0.2) is 0 Å². The zero-order valence-corrected chi connectivity index (χ0v) is 32.0. The van der Waals surface area contributed by atoms with Crippen LogP contribution in [0.2, 0.25) is 0 Å². The van der Waals surface area contributed by atoms with Crippen LogP contribution in [0.3, 0.4) is 0 Å². The summed E-state index contributed by atoms with van der Waals surface area (Å²) in [6, 6.07) is 71.3. The Bertz CT molecular complexity index is 3520. The van der Waals surface area contributed by atoms with Gasteiger partial charge in [0.1, 0.15) is 22.3 Å². The molecule has 0 amide bonds. The van der Waals surface area contributed by atoms with Gasteiger partial charge in [0.25, 0.3) is 0 Å². The van der Waals surface area contributed by atoms with Crippen LogP contribution in [-0.2, 0) is 0 Å². The molecule has 0 aliphatic carbocycles. The molecule has 0 saturated heterocycles. The van der Waals surface area contributed by atoms with Crippen molar-refractivity contribution in [2.75, 3.05) is 4.90 Å². The first-order valence-electron chi connectivity index (χ1n) is 19.6. The minimum atomic E-state index is 0.863. The fourth-order valence-electron chi connectivity index (χ4n) is 8.91. The minimum absolute atomic E-state index is 0.863.